The van der Waals surface area contributed by atoms with E-state index in [9.17, 15) is 18.0 Å². The molecule has 0 unspecified atom stereocenters. The number of anilines is 1. The Morgan fingerprint density at radius 3 is 2.44 bits per heavy atom. The van der Waals surface area contributed by atoms with E-state index in [4.69, 9.17) is 11.6 Å². The highest BCUT2D eigenvalue weighted by Crippen LogP contribution is 2.36. The van der Waals surface area contributed by atoms with Gasteiger partial charge in [0.1, 0.15) is 0 Å². The standard InChI is InChI=1S/C18H18ClF3N2O/c19-14-6-7-16(15(12-14)18(20,21)22)23-11-9-17(25)24-10-8-13-4-2-1-3-5-13/h1-7,12,23H,8-11H2,(H,24,25). The summed E-state index contributed by atoms with van der Waals surface area (Å²) in [4.78, 5) is 11.8. The normalized spacial score (nSPS) is 11.2. The van der Waals surface area contributed by atoms with E-state index in [1.807, 2.05) is 30.3 Å². The highest BCUT2D eigenvalue weighted by Gasteiger charge is 2.33. The van der Waals surface area contributed by atoms with Gasteiger partial charge < -0.3 is 10.6 Å². The Bertz CT molecular complexity index is 705. The largest absolute Gasteiger partial charge is 0.418 e. The molecule has 0 aliphatic rings. The molecule has 2 rings (SSSR count). The third-order valence-corrected chi connectivity index (χ3v) is 3.77. The molecule has 2 N–H and O–H groups in total. The van der Waals surface area contributed by atoms with Gasteiger partial charge in [-0.1, -0.05) is 41.9 Å². The molecule has 2 aromatic carbocycles. The molecule has 3 nitrogen and oxygen atoms in total. The van der Waals surface area contributed by atoms with Gasteiger partial charge in [-0.05, 0) is 30.2 Å². The lowest BCUT2D eigenvalue weighted by Crippen LogP contribution is -2.27. The fraction of sp³-hybridized carbons (Fsp3) is 0.278. The van der Waals surface area contributed by atoms with Crippen molar-refractivity contribution in [1.82, 2.24) is 5.32 Å². The first-order chi connectivity index (χ1) is 11.9. The molecule has 0 radical (unpaired) electrons. The number of alkyl halides is 3. The van der Waals surface area contributed by atoms with Crippen molar-refractivity contribution in [1.29, 1.82) is 0 Å². The number of nitrogens with one attached hydrogen (secondary N) is 2. The van der Waals surface area contributed by atoms with Crippen LogP contribution >= 0.6 is 11.6 Å². The molecule has 0 aliphatic carbocycles. The second kappa shape index (κ2) is 8.76. The van der Waals surface area contributed by atoms with Crippen molar-refractivity contribution in [2.45, 2.75) is 19.0 Å². The lowest BCUT2D eigenvalue weighted by atomic mass is 10.1. The summed E-state index contributed by atoms with van der Waals surface area (Å²) < 4.78 is 38.9. The summed E-state index contributed by atoms with van der Waals surface area (Å²) in [5.74, 6) is -0.217. The molecule has 0 atom stereocenters. The third-order valence-electron chi connectivity index (χ3n) is 3.53. The first-order valence-electron chi connectivity index (χ1n) is 7.77. The van der Waals surface area contributed by atoms with Crippen LogP contribution in [-0.2, 0) is 17.4 Å². The third kappa shape index (κ3) is 6.31. The Labute approximate surface area is 149 Å². The number of rotatable bonds is 7. The van der Waals surface area contributed by atoms with Crippen LogP contribution in [0.4, 0.5) is 18.9 Å². The number of hydrogen-bond donors (Lipinski definition) is 2. The summed E-state index contributed by atoms with van der Waals surface area (Å²) in [7, 11) is 0. The molecule has 0 fully saturated rings. The molecule has 7 heteroatoms. The van der Waals surface area contributed by atoms with Crippen LogP contribution in [0.2, 0.25) is 5.02 Å². The van der Waals surface area contributed by atoms with Crippen LogP contribution in [0.3, 0.4) is 0 Å². The van der Waals surface area contributed by atoms with Gasteiger partial charge in [0.15, 0.2) is 0 Å². The molecule has 2 aromatic rings. The molecular formula is C18H18ClF3N2O. The van der Waals surface area contributed by atoms with Gasteiger partial charge in [-0.3, -0.25) is 4.79 Å². The van der Waals surface area contributed by atoms with E-state index in [0.29, 0.717) is 13.0 Å². The number of carbonyl (C=O) groups excluding carboxylic acids is 1. The second-order valence-corrected chi connectivity index (χ2v) is 5.89. The van der Waals surface area contributed by atoms with Gasteiger partial charge in [-0.25, -0.2) is 0 Å². The summed E-state index contributed by atoms with van der Waals surface area (Å²) in [6, 6.07) is 13.2. The van der Waals surface area contributed by atoms with Gasteiger partial charge in [0.25, 0.3) is 0 Å². The van der Waals surface area contributed by atoms with E-state index >= 15 is 0 Å². The Balaban J connectivity index is 1.78. The molecule has 0 aliphatic heterocycles. The van der Waals surface area contributed by atoms with Gasteiger partial charge in [0, 0.05) is 30.2 Å². The van der Waals surface area contributed by atoms with Crippen LogP contribution in [0.15, 0.2) is 48.5 Å². The van der Waals surface area contributed by atoms with E-state index in [0.717, 1.165) is 11.6 Å². The van der Waals surface area contributed by atoms with Crippen molar-refractivity contribution in [3.05, 3.63) is 64.7 Å². The summed E-state index contributed by atoms with van der Waals surface area (Å²) in [6.07, 6.45) is -3.73. The first-order valence-corrected chi connectivity index (χ1v) is 8.15. The van der Waals surface area contributed by atoms with Crippen molar-refractivity contribution in [2.24, 2.45) is 0 Å². The second-order valence-electron chi connectivity index (χ2n) is 5.45. The van der Waals surface area contributed by atoms with E-state index in [2.05, 4.69) is 10.6 Å². The van der Waals surface area contributed by atoms with Crippen LogP contribution in [0.25, 0.3) is 0 Å². The quantitative estimate of drug-likeness (QED) is 0.752. The van der Waals surface area contributed by atoms with Crippen molar-refractivity contribution in [2.75, 3.05) is 18.4 Å². The summed E-state index contributed by atoms with van der Waals surface area (Å²) in [5, 5.41) is 5.41. The zero-order chi connectivity index (χ0) is 18.3. The maximum absolute atomic E-state index is 13.0. The van der Waals surface area contributed by atoms with Crippen molar-refractivity contribution in [3.8, 4) is 0 Å². The highest BCUT2D eigenvalue weighted by atomic mass is 35.5. The predicted octanol–water partition coefficient (Wildman–Crippen LogP) is 4.52. The van der Waals surface area contributed by atoms with Crippen molar-refractivity contribution in [3.63, 3.8) is 0 Å². The number of benzene rings is 2. The number of amides is 1. The van der Waals surface area contributed by atoms with Crippen LogP contribution in [0, 0.1) is 0 Å². The molecule has 0 aromatic heterocycles. The van der Waals surface area contributed by atoms with Crippen LogP contribution in [0.5, 0.6) is 0 Å². The minimum atomic E-state index is -4.51. The Kier molecular flexibility index (Phi) is 6.70. The van der Waals surface area contributed by atoms with E-state index < -0.39 is 11.7 Å². The zero-order valence-electron chi connectivity index (χ0n) is 13.4. The van der Waals surface area contributed by atoms with Crippen molar-refractivity contribution < 1.29 is 18.0 Å². The smallest absolute Gasteiger partial charge is 0.384 e. The average molecular weight is 371 g/mol. The van der Waals surface area contributed by atoms with Gasteiger partial charge in [0.2, 0.25) is 5.91 Å². The average Bonchev–Trinajstić information content (AvgIpc) is 2.56. The molecular weight excluding hydrogens is 353 g/mol. The minimum absolute atomic E-state index is 0.0107. The van der Waals surface area contributed by atoms with Crippen LogP contribution in [-0.4, -0.2) is 19.0 Å². The SMILES string of the molecule is O=C(CCNc1ccc(Cl)cc1C(F)(F)F)NCCc1ccccc1. The molecule has 0 saturated carbocycles. The Hall–Kier alpha value is -2.21. The molecule has 0 bridgehead atoms. The molecule has 25 heavy (non-hydrogen) atoms. The molecule has 1 amide bonds. The molecule has 0 heterocycles. The van der Waals surface area contributed by atoms with E-state index in [1.165, 1.54) is 12.1 Å². The lowest BCUT2D eigenvalue weighted by molar-refractivity contribution is -0.137. The minimum Gasteiger partial charge on any atom is -0.384 e. The van der Waals surface area contributed by atoms with Gasteiger partial charge >= 0.3 is 6.18 Å². The molecule has 134 valence electrons. The summed E-state index contributed by atoms with van der Waals surface area (Å²) >= 11 is 5.62. The zero-order valence-corrected chi connectivity index (χ0v) is 14.1. The number of carbonyl (C=O) groups is 1. The number of hydrogen-bond acceptors (Lipinski definition) is 2. The van der Waals surface area contributed by atoms with Crippen molar-refractivity contribution >= 4 is 23.2 Å². The lowest BCUT2D eigenvalue weighted by Gasteiger charge is -2.15. The fourth-order valence-electron chi connectivity index (χ4n) is 2.30. The first kappa shape index (κ1) is 19.1. The van der Waals surface area contributed by atoms with Crippen LogP contribution < -0.4 is 10.6 Å². The summed E-state index contributed by atoms with van der Waals surface area (Å²) in [5.41, 5.74) is 0.176. The number of halogens is 4. The van der Waals surface area contributed by atoms with E-state index in [-0.39, 0.29) is 29.6 Å². The predicted molar refractivity (Wildman–Crippen MR) is 92.7 cm³/mol. The summed E-state index contributed by atoms with van der Waals surface area (Å²) in [6.45, 7) is 0.583. The maximum atomic E-state index is 13.0. The Morgan fingerprint density at radius 2 is 1.76 bits per heavy atom. The van der Waals surface area contributed by atoms with Gasteiger partial charge in [-0.2, -0.15) is 13.2 Å². The monoisotopic (exact) mass is 370 g/mol. The maximum Gasteiger partial charge on any atom is 0.418 e. The molecule has 0 saturated heterocycles. The topological polar surface area (TPSA) is 41.1 Å². The van der Waals surface area contributed by atoms with Gasteiger partial charge in [-0.15, -0.1) is 0 Å². The van der Waals surface area contributed by atoms with Crippen LogP contribution in [0.1, 0.15) is 17.5 Å². The fourth-order valence-corrected chi connectivity index (χ4v) is 2.47. The molecule has 0 spiro atoms. The Morgan fingerprint density at radius 1 is 1.04 bits per heavy atom. The van der Waals surface area contributed by atoms with E-state index in [1.54, 1.807) is 0 Å². The highest BCUT2D eigenvalue weighted by molar-refractivity contribution is 6.30. The van der Waals surface area contributed by atoms with Gasteiger partial charge in [0.05, 0.1) is 5.56 Å².